The zero-order valence-electron chi connectivity index (χ0n) is 16.4. The standard InChI is InChI=1S/C19H16Cl2F3N3O2S2/c1-26(2)18-16(31(28,29)12-7-5-4-6-8-12)17(30-3)25-27(18)15-13(20)9-11(10-14(15)21)19(22,23)24/h4-10H,1-3H3. The summed E-state index contributed by atoms with van der Waals surface area (Å²) in [5.74, 6) is 0.108. The molecule has 0 fully saturated rings. The van der Waals surface area contributed by atoms with E-state index in [9.17, 15) is 21.6 Å². The molecule has 0 aliphatic heterocycles. The van der Waals surface area contributed by atoms with Gasteiger partial charge in [0, 0.05) is 14.1 Å². The van der Waals surface area contributed by atoms with Crippen LogP contribution in [0, 0.1) is 0 Å². The first kappa shape index (κ1) is 23.8. The van der Waals surface area contributed by atoms with Crippen molar-refractivity contribution in [2.45, 2.75) is 21.0 Å². The van der Waals surface area contributed by atoms with Crippen molar-refractivity contribution in [1.29, 1.82) is 0 Å². The van der Waals surface area contributed by atoms with Gasteiger partial charge in [0.05, 0.1) is 20.5 Å². The molecule has 12 heteroatoms. The van der Waals surface area contributed by atoms with Gasteiger partial charge in [-0.3, -0.25) is 0 Å². The molecule has 3 rings (SSSR count). The van der Waals surface area contributed by atoms with Crippen molar-refractivity contribution in [2.75, 3.05) is 25.3 Å². The molecule has 0 aliphatic carbocycles. The van der Waals surface area contributed by atoms with Gasteiger partial charge in [0.25, 0.3) is 0 Å². The number of rotatable bonds is 5. The molecule has 3 aromatic rings. The Morgan fingerprint density at radius 1 is 1.06 bits per heavy atom. The van der Waals surface area contributed by atoms with Crippen LogP contribution in [0.2, 0.25) is 10.0 Å². The van der Waals surface area contributed by atoms with Gasteiger partial charge in [-0.1, -0.05) is 41.4 Å². The highest BCUT2D eigenvalue weighted by atomic mass is 35.5. The van der Waals surface area contributed by atoms with Gasteiger partial charge < -0.3 is 4.90 Å². The van der Waals surface area contributed by atoms with Crippen LogP contribution in [0.15, 0.2) is 57.3 Å². The molecule has 2 aromatic carbocycles. The number of nitrogens with zero attached hydrogens (tertiary/aromatic N) is 3. The molecule has 0 bridgehead atoms. The minimum Gasteiger partial charge on any atom is -0.361 e. The molecule has 0 saturated heterocycles. The molecule has 0 amide bonds. The minimum absolute atomic E-state index is 0.0511. The Morgan fingerprint density at radius 2 is 1.61 bits per heavy atom. The highest BCUT2D eigenvalue weighted by Gasteiger charge is 2.35. The van der Waals surface area contributed by atoms with E-state index in [1.165, 1.54) is 17.0 Å². The van der Waals surface area contributed by atoms with Crippen LogP contribution in [0.3, 0.4) is 0 Å². The van der Waals surface area contributed by atoms with Crippen LogP contribution >= 0.6 is 35.0 Å². The predicted molar refractivity (Wildman–Crippen MR) is 117 cm³/mol. The van der Waals surface area contributed by atoms with E-state index in [1.54, 1.807) is 38.6 Å². The number of benzene rings is 2. The maximum absolute atomic E-state index is 13.4. The van der Waals surface area contributed by atoms with Crippen LogP contribution in [0.4, 0.5) is 19.0 Å². The Morgan fingerprint density at radius 3 is 2.06 bits per heavy atom. The van der Waals surface area contributed by atoms with Crippen LogP contribution in [0.5, 0.6) is 0 Å². The van der Waals surface area contributed by atoms with Crippen molar-refractivity contribution in [1.82, 2.24) is 9.78 Å². The molecule has 0 radical (unpaired) electrons. The summed E-state index contributed by atoms with van der Waals surface area (Å²) in [6.45, 7) is 0. The lowest BCUT2D eigenvalue weighted by molar-refractivity contribution is -0.137. The number of halogens is 5. The van der Waals surface area contributed by atoms with E-state index in [2.05, 4.69) is 5.10 Å². The van der Waals surface area contributed by atoms with Gasteiger partial charge in [-0.15, -0.1) is 11.8 Å². The van der Waals surface area contributed by atoms with Crippen molar-refractivity contribution >= 4 is 50.6 Å². The summed E-state index contributed by atoms with van der Waals surface area (Å²) in [5.41, 5.74) is -1.07. The Kier molecular flexibility index (Phi) is 6.57. The monoisotopic (exact) mass is 509 g/mol. The quantitative estimate of drug-likeness (QED) is 0.405. The lowest BCUT2D eigenvalue weighted by atomic mass is 10.2. The molecule has 0 unspecified atom stereocenters. The van der Waals surface area contributed by atoms with Crippen LogP contribution in [0.25, 0.3) is 5.69 Å². The molecule has 31 heavy (non-hydrogen) atoms. The van der Waals surface area contributed by atoms with Crippen LogP contribution in [-0.4, -0.2) is 38.5 Å². The van der Waals surface area contributed by atoms with Crippen molar-refractivity contribution < 1.29 is 21.6 Å². The predicted octanol–water partition coefficient (Wildman–Crippen LogP) is 5.82. The fraction of sp³-hybridized carbons (Fsp3) is 0.211. The molecular weight excluding hydrogens is 494 g/mol. The van der Waals surface area contributed by atoms with Crippen LogP contribution in [0.1, 0.15) is 5.56 Å². The number of sulfone groups is 1. The molecule has 5 nitrogen and oxygen atoms in total. The van der Waals surface area contributed by atoms with Crippen molar-refractivity contribution in [3.05, 3.63) is 58.1 Å². The van der Waals surface area contributed by atoms with Gasteiger partial charge in [-0.25, -0.2) is 13.1 Å². The summed E-state index contributed by atoms with van der Waals surface area (Å²) in [6, 6.07) is 9.24. The van der Waals surface area contributed by atoms with E-state index in [0.29, 0.717) is 0 Å². The number of anilines is 1. The van der Waals surface area contributed by atoms with Crippen molar-refractivity contribution in [3.8, 4) is 5.69 Å². The average molecular weight is 510 g/mol. The van der Waals surface area contributed by atoms with Gasteiger partial charge in [-0.05, 0) is 30.5 Å². The lowest BCUT2D eigenvalue weighted by Crippen LogP contribution is -2.18. The Balaban J connectivity index is 2.35. The zero-order valence-corrected chi connectivity index (χ0v) is 19.6. The van der Waals surface area contributed by atoms with Gasteiger partial charge in [-0.2, -0.15) is 18.3 Å². The Bertz CT molecular complexity index is 1210. The number of aromatic nitrogens is 2. The first-order chi connectivity index (χ1) is 14.4. The maximum Gasteiger partial charge on any atom is 0.416 e. The molecule has 0 atom stereocenters. The largest absolute Gasteiger partial charge is 0.416 e. The molecule has 1 aromatic heterocycles. The summed E-state index contributed by atoms with van der Waals surface area (Å²) in [5, 5.41) is 3.85. The Hall–Kier alpha value is -1.88. The molecule has 0 aliphatic rings. The summed E-state index contributed by atoms with van der Waals surface area (Å²) < 4.78 is 67.4. The van der Waals surface area contributed by atoms with Gasteiger partial charge in [0.15, 0.2) is 5.82 Å². The van der Waals surface area contributed by atoms with Gasteiger partial charge in [0.2, 0.25) is 9.84 Å². The number of alkyl halides is 3. The summed E-state index contributed by atoms with van der Waals surface area (Å²) in [4.78, 5) is 1.45. The molecule has 0 N–H and O–H groups in total. The van der Waals surface area contributed by atoms with Crippen LogP contribution in [-0.2, 0) is 16.0 Å². The highest BCUT2D eigenvalue weighted by Crippen LogP contribution is 2.43. The second-order valence-electron chi connectivity index (χ2n) is 6.57. The third-order valence-corrected chi connectivity index (χ3v) is 7.47. The molecule has 0 spiro atoms. The summed E-state index contributed by atoms with van der Waals surface area (Å²) >= 11 is 13.4. The fourth-order valence-corrected chi connectivity index (χ4v) is 6.14. The van der Waals surface area contributed by atoms with E-state index in [0.717, 1.165) is 28.6 Å². The molecular formula is C19H16Cl2F3N3O2S2. The maximum atomic E-state index is 13.4. The van der Waals surface area contributed by atoms with Gasteiger partial charge in [0.1, 0.15) is 15.6 Å². The second-order valence-corrected chi connectivity index (χ2v) is 10.1. The SMILES string of the molecule is CSc1nn(-c2c(Cl)cc(C(F)(F)F)cc2Cl)c(N(C)C)c1S(=O)(=O)c1ccccc1. The van der Waals surface area contributed by atoms with E-state index >= 15 is 0 Å². The zero-order chi connectivity index (χ0) is 23.1. The molecule has 0 saturated carbocycles. The topological polar surface area (TPSA) is 55.2 Å². The second kappa shape index (κ2) is 8.57. The van der Waals surface area contributed by atoms with Gasteiger partial charge >= 0.3 is 6.18 Å². The van der Waals surface area contributed by atoms with Crippen molar-refractivity contribution in [3.63, 3.8) is 0 Å². The fourth-order valence-electron chi connectivity index (χ4n) is 2.94. The summed E-state index contributed by atoms with van der Waals surface area (Å²) in [7, 11) is -0.832. The lowest BCUT2D eigenvalue weighted by Gasteiger charge is -2.19. The van der Waals surface area contributed by atoms with E-state index < -0.39 is 21.6 Å². The molecule has 166 valence electrons. The van der Waals surface area contributed by atoms with E-state index in [-0.39, 0.29) is 36.4 Å². The summed E-state index contributed by atoms with van der Waals surface area (Å²) in [6.07, 6.45) is -3.00. The third kappa shape index (κ3) is 4.39. The third-order valence-electron chi connectivity index (χ3n) is 4.28. The number of hydrogen-bond donors (Lipinski definition) is 0. The van der Waals surface area contributed by atoms with Crippen LogP contribution < -0.4 is 4.90 Å². The number of thioether (sulfide) groups is 1. The molecule has 1 heterocycles. The number of hydrogen-bond acceptors (Lipinski definition) is 5. The highest BCUT2D eigenvalue weighted by molar-refractivity contribution is 7.99. The minimum atomic E-state index is -4.65. The first-order valence-corrected chi connectivity index (χ1v) is 12.1. The Labute approximate surface area is 191 Å². The van der Waals surface area contributed by atoms with E-state index in [4.69, 9.17) is 23.2 Å². The normalized spacial score (nSPS) is 12.3. The van der Waals surface area contributed by atoms with Crippen molar-refractivity contribution in [2.24, 2.45) is 0 Å². The first-order valence-electron chi connectivity index (χ1n) is 8.60. The van der Waals surface area contributed by atoms with E-state index in [1.807, 2.05) is 0 Å². The smallest absolute Gasteiger partial charge is 0.361 e. The average Bonchev–Trinajstić information content (AvgIpc) is 3.08.